The normalized spacial score (nSPS) is 20.6. The van der Waals surface area contributed by atoms with Gasteiger partial charge >= 0.3 is 6.18 Å². The van der Waals surface area contributed by atoms with Gasteiger partial charge in [-0.3, -0.25) is 4.79 Å². The van der Waals surface area contributed by atoms with Crippen LogP contribution in [0.2, 0.25) is 0 Å². The number of amides is 1. The minimum absolute atomic E-state index is 0.335. The van der Waals surface area contributed by atoms with Gasteiger partial charge in [0.15, 0.2) is 0 Å². The predicted octanol–water partition coefficient (Wildman–Crippen LogP) is 2.71. The van der Waals surface area contributed by atoms with Crippen molar-refractivity contribution in [2.75, 3.05) is 13.1 Å². The molecule has 1 rings (SSSR count). The molecule has 1 heterocycles. The van der Waals surface area contributed by atoms with Crippen LogP contribution in [0.15, 0.2) is 0 Å². The molecule has 0 aromatic carbocycles. The van der Waals surface area contributed by atoms with Crippen molar-refractivity contribution in [3.8, 4) is 0 Å². The molecule has 6 heteroatoms. The maximum atomic E-state index is 12.7. The summed E-state index contributed by atoms with van der Waals surface area (Å²) >= 11 is 0. The van der Waals surface area contributed by atoms with Gasteiger partial charge in [-0.1, -0.05) is 20.3 Å². The summed E-state index contributed by atoms with van der Waals surface area (Å²) in [5.74, 6) is -0.397. The zero-order chi connectivity index (χ0) is 14.5. The van der Waals surface area contributed by atoms with Crippen molar-refractivity contribution in [2.24, 2.45) is 0 Å². The first-order valence-corrected chi connectivity index (χ1v) is 6.99. The highest BCUT2D eigenvalue weighted by atomic mass is 19.4. The molecule has 0 saturated carbocycles. The van der Waals surface area contributed by atoms with E-state index in [1.807, 2.05) is 13.8 Å². The summed E-state index contributed by atoms with van der Waals surface area (Å²) in [6, 6.07) is -0.783. The molecule has 3 nitrogen and oxygen atoms in total. The lowest BCUT2D eigenvalue weighted by molar-refractivity contribution is -0.167. The van der Waals surface area contributed by atoms with Crippen molar-refractivity contribution >= 4 is 5.91 Å². The first-order valence-electron chi connectivity index (χ1n) is 6.99. The highest BCUT2D eigenvalue weighted by Crippen LogP contribution is 2.22. The standard InChI is InChI=1S/C13H23F3N2O/c1-3-10(4-2)18(9-13(14,15)16)12(19)11-7-5-6-8-17-11/h10-11,17H,3-9H2,1-2H3/t11-/m1/s1. The number of carbonyl (C=O) groups excluding carboxylic acids is 1. The third-order valence-electron chi connectivity index (χ3n) is 3.62. The maximum absolute atomic E-state index is 12.7. The molecular formula is C13H23F3N2O. The van der Waals surface area contributed by atoms with Gasteiger partial charge in [0.1, 0.15) is 6.54 Å². The molecule has 19 heavy (non-hydrogen) atoms. The molecule has 0 radical (unpaired) electrons. The largest absolute Gasteiger partial charge is 0.406 e. The lowest BCUT2D eigenvalue weighted by Crippen LogP contribution is -2.54. The van der Waals surface area contributed by atoms with Gasteiger partial charge < -0.3 is 10.2 Å². The summed E-state index contributed by atoms with van der Waals surface area (Å²) in [6.07, 6.45) is -0.740. The quantitative estimate of drug-likeness (QED) is 0.840. The molecule has 1 aliphatic heterocycles. The van der Waals surface area contributed by atoms with Gasteiger partial charge in [0, 0.05) is 6.04 Å². The highest BCUT2D eigenvalue weighted by molar-refractivity contribution is 5.82. The van der Waals surface area contributed by atoms with Crippen LogP contribution in [0.1, 0.15) is 46.0 Å². The SMILES string of the molecule is CCC(CC)N(CC(F)(F)F)C(=O)[C@H]1CCCCN1. The first-order chi connectivity index (χ1) is 8.89. The molecule has 0 spiro atoms. The van der Waals surface area contributed by atoms with E-state index in [1.165, 1.54) is 0 Å². The second-order valence-electron chi connectivity index (χ2n) is 5.05. The van der Waals surface area contributed by atoms with Gasteiger partial charge in [0.05, 0.1) is 6.04 Å². The Morgan fingerprint density at radius 1 is 1.32 bits per heavy atom. The van der Waals surface area contributed by atoms with Crippen LogP contribution < -0.4 is 5.32 Å². The second kappa shape index (κ2) is 7.12. The molecule has 1 amide bonds. The highest BCUT2D eigenvalue weighted by Gasteiger charge is 2.38. The van der Waals surface area contributed by atoms with Gasteiger partial charge in [0.2, 0.25) is 5.91 Å². The molecule has 0 bridgehead atoms. The molecular weight excluding hydrogens is 257 g/mol. The molecule has 112 valence electrons. The van der Waals surface area contributed by atoms with Crippen LogP contribution in [0.5, 0.6) is 0 Å². The number of hydrogen-bond acceptors (Lipinski definition) is 2. The molecule has 0 aromatic heterocycles. The summed E-state index contributed by atoms with van der Waals surface area (Å²) in [6.45, 7) is 3.20. The topological polar surface area (TPSA) is 32.3 Å². The van der Waals surface area contributed by atoms with E-state index in [4.69, 9.17) is 0 Å². The van der Waals surface area contributed by atoms with Crippen molar-refractivity contribution in [2.45, 2.75) is 64.2 Å². The number of hydrogen-bond donors (Lipinski definition) is 1. The Balaban J connectivity index is 2.78. The average molecular weight is 280 g/mol. The number of nitrogens with one attached hydrogen (secondary N) is 1. The first kappa shape index (κ1) is 16.3. The Morgan fingerprint density at radius 2 is 1.95 bits per heavy atom. The second-order valence-corrected chi connectivity index (χ2v) is 5.05. The number of rotatable bonds is 5. The van der Waals surface area contributed by atoms with Gasteiger partial charge in [-0.2, -0.15) is 13.2 Å². The Morgan fingerprint density at radius 3 is 2.37 bits per heavy atom. The monoisotopic (exact) mass is 280 g/mol. The third kappa shape index (κ3) is 5.01. The number of halogens is 3. The minimum Gasteiger partial charge on any atom is -0.329 e. The average Bonchev–Trinajstić information content (AvgIpc) is 2.38. The molecule has 1 saturated heterocycles. The van der Waals surface area contributed by atoms with Crippen LogP contribution in [-0.2, 0) is 4.79 Å². The van der Waals surface area contributed by atoms with E-state index in [0.717, 1.165) is 17.7 Å². The Labute approximate surface area is 112 Å². The molecule has 1 fully saturated rings. The summed E-state index contributed by atoms with van der Waals surface area (Å²) in [5, 5.41) is 3.03. The van der Waals surface area contributed by atoms with Gasteiger partial charge in [-0.05, 0) is 32.2 Å². The van der Waals surface area contributed by atoms with Crippen molar-refractivity contribution in [3.05, 3.63) is 0 Å². The smallest absolute Gasteiger partial charge is 0.329 e. The minimum atomic E-state index is -4.34. The summed E-state index contributed by atoms with van der Waals surface area (Å²) in [4.78, 5) is 13.3. The van der Waals surface area contributed by atoms with E-state index in [-0.39, 0.29) is 6.04 Å². The van der Waals surface area contributed by atoms with Crippen LogP contribution >= 0.6 is 0 Å². The fourth-order valence-electron chi connectivity index (χ4n) is 2.57. The van der Waals surface area contributed by atoms with E-state index in [1.54, 1.807) is 0 Å². The van der Waals surface area contributed by atoms with Gasteiger partial charge in [-0.25, -0.2) is 0 Å². The van der Waals surface area contributed by atoms with E-state index < -0.39 is 24.7 Å². The molecule has 1 atom stereocenters. The van der Waals surface area contributed by atoms with Crippen molar-refractivity contribution in [1.82, 2.24) is 10.2 Å². The lowest BCUT2D eigenvalue weighted by atomic mass is 10.0. The summed E-state index contributed by atoms with van der Waals surface area (Å²) in [5.41, 5.74) is 0. The Bertz CT molecular complexity index is 284. The molecule has 0 aliphatic carbocycles. The van der Waals surface area contributed by atoms with Crippen LogP contribution in [0, 0.1) is 0 Å². The van der Waals surface area contributed by atoms with E-state index in [0.29, 0.717) is 25.8 Å². The zero-order valence-electron chi connectivity index (χ0n) is 11.6. The lowest BCUT2D eigenvalue weighted by Gasteiger charge is -2.35. The van der Waals surface area contributed by atoms with Crippen LogP contribution in [0.4, 0.5) is 13.2 Å². The van der Waals surface area contributed by atoms with Gasteiger partial charge in [-0.15, -0.1) is 0 Å². The maximum Gasteiger partial charge on any atom is 0.406 e. The fraction of sp³-hybridized carbons (Fsp3) is 0.923. The molecule has 0 aromatic rings. The number of piperidine rings is 1. The summed E-state index contributed by atoms with van der Waals surface area (Å²) < 4.78 is 38.0. The number of alkyl halides is 3. The van der Waals surface area contributed by atoms with Crippen LogP contribution in [0.3, 0.4) is 0 Å². The van der Waals surface area contributed by atoms with E-state index >= 15 is 0 Å². The van der Waals surface area contributed by atoms with E-state index in [2.05, 4.69) is 5.32 Å². The van der Waals surface area contributed by atoms with Crippen molar-refractivity contribution in [1.29, 1.82) is 0 Å². The Hall–Kier alpha value is -0.780. The molecule has 1 N–H and O–H groups in total. The summed E-state index contributed by atoms with van der Waals surface area (Å²) in [7, 11) is 0. The van der Waals surface area contributed by atoms with E-state index in [9.17, 15) is 18.0 Å². The van der Waals surface area contributed by atoms with Crippen LogP contribution in [-0.4, -0.2) is 42.2 Å². The Kier molecular flexibility index (Phi) is 6.10. The van der Waals surface area contributed by atoms with Gasteiger partial charge in [0.25, 0.3) is 0 Å². The van der Waals surface area contributed by atoms with Crippen molar-refractivity contribution in [3.63, 3.8) is 0 Å². The molecule has 1 aliphatic rings. The predicted molar refractivity (Wildman–Crippen MR) is 67.8 cm³/mol. The number of carbonyl (C=O) groups is 1. The number of nitrogens with zero attached hydrogens (tertiary/aromatic N) is 1. The zero-order valence-corrected chi connectivity index (χ0v) is 11.6. The third-order valence-corrected chi connectivity index (χ3v) is 3.62. The van der Waals surface area contributed by atoms with Crippen molar-refractivity contribution < 1.29 is 18.0 Å². The fourth-order valence-corrected chi connectivity index (χ4v) is 2.57. The molecule has 0 unspecified atom stereocenters. The van der Waals surface area contributed by atoms with Crippen LogP contribution in [0.25, 0.3) is 0 Å².